The molecule has 1 saturated heterocycles. The Hall–Kier alpha value is -2.92. The number of carbonyl (C=O) groups excluding carboxylic acids is 1. The predicted octanol–water partition coefficient (Wildman–Crippen LogP) is 5.97. The van der Waals surface area contributed by atoms with Gasteiger partial charge in [0.15, 0.2) is 0 Å². The molecular weight excluding hydrogens is 404 g/mol. The van der Waals surface area contributed by atoms with Crippen molar-refractivity contribution in [2.45, 2.75) is 31.6 Å². The van der Waals surface area contributed by atoms with Gasteiger partial charge in [-0.3, -0.25) is 4.79 Å². The molecule has 0 saturated carbocycles. The normalized spacial score (nSPS) is 16.0. The third kappa shape index (κ3) is 3.90. The average Bonchev–Trinajstić information content (AvgIpc) is 3.27. The third-order valence-corrected chi connectivity index (χ3v) is 7.61. The van der Waals surface area contributed by atoms with Crippen molar-refractivity contribution in [2.75, 3.05) is 20.2 Å². The maximum Gasteiger partial charge on any atom is 0.229 e. The molecular formula is C26H26N2O2S. The molecule has 1 amide bonds. The van der Waals surface area contributed by atoms with Crippen LogP contribution in [0.4, 0.5) is 0 Å². The molecule has 2 heterocycles. The molecule has 3 aromatic carbocycles. The molecule has 1 aliphatic heterocycles. The number of hydrogen-bond donors (Lipinski definition) is 0. The molecule has 0 N–H and O–H groups in total. The Bertz CT molecular complexity index is 1210. The lowest BCUT2D eigenvalue weighted by atomic mass is 9.93. The minimum atomic E-state index is -0.148. The maximum atomic E-state index is 13.2. The van der Waals surface area contributed by atoms with Crippen LogP contribution in [0.5, 0.6) is 5.75 Å². The molecule has 1 aliphatic rings. The quantitative estimate of drug-likeness (QED) is 0.401. The molecule has 31 heavy (non-hydrogen) atoms. The van der Waals surface area contributed by atoms with Crippen LogP contribution in [0.15, 0.2) is 60.7 Å². The van der Waals surface area contributed by atoms with E-state index in [1.807, 2.05) is 30.0 Å². The first kappa shape index (κ1) is 20.0. The van der Waals surface area contributed by atoms with E-state index in [1.165, 1.54) is 9.71 Å². The molecule has 4 nitrogen and oxygen atoms in total. The van der Waals surface area contributed by atoms with E-state index >= 15 is 0 Å². The van der Waals surface area contributed by atoms with Crippen LogP contribution in [-0.2, 0) is 4.79 Å². The van der Waals surface area contributed by atoms with E-state index in [4.69, 9.17) is 9.72 Å². The first-order valence-corrected chi connectivity index (χ1v) is 11.7. The van der Waals surface area contributed by atoms with E-state index < -0.39 is 0 Å². The molecule has 0 unspecified atom stereocenters. The van der Waals surface area contributed by atoms with Gasteiger partial charge in [0.25, 0.3) is 0 Å². The highest BCUT2D eigenvalue weighted by atomic mass is 32.1. The first-order valence-electron chi connectivity index (χ1n) is 10.8. The molecule has 1 atom stereocenters. The number of para-hydroxylation sites is 1. The molecule has 4 aromatic rings. The molecule has 0 radical (unpaired) electrons. The summed E-state index contributed by atoms with van der Waals surface area (Å²) in [5.74, 6) is 1.37. The summed E-state index contributed by atoms with van der Waals surface area (Å²) in [5, 5.41) is 3.47. The second-order valence-corrected chi connectivity index (χ2v) is 9.38. The molecule has 1 aromatic heterocycles. The summed E-state index contributed by atoms with van der Waals surface area (Å²) >= 11 is 1.80. The molecule has 5 rings (SSSR count). The van der Waals surface area contributed by atoms with Crippen molar-refractivity contribution in [1.29, 1.82) is 0 Å². The van der Waals surface area contributed by atoms with Crippen molar-refractivity contribution in [2.24, 2.45) is 0 Å². The molecule has 158 valence electrons. The highest BCUT2D eigenvalue weighted by molar-refractivity contribution is 7.18. The molecule has 5 heteroatoms. The van der Waals surface area contributed by atoms with Gasteiger partial charge in [0.2, 0.25) is 5.91 Å². The van der Waals surface area contributed by atoms with Gasteiger partial charge in [-0.2, -0.15) is 0 Å². The smallest absolute Gasteiger partial charge is 0.229 e. The van der Waals surface area contributed by atoms with Crippen molar-refractivity contribution >= 4 is 38.2 Å². The number of rotatable bonds is 4. The van der Waals surface area contributed by atoms with Gasteiger partial charge in [0.05, 0.1) is 28.3 Å². The van der Waals surface area contributed by atoms with Gasteiger partial charge in [-0.25, -0.2) is 4.98 Å². The fourth-order valence-corrected chi connectivity index (χ4v) is 5.60. The number of nitrogens with zero attached hydrogens (tertiary/aromatic N) is 2. The van der Waals surface area contributed by atoms with Crippen molar-refractivity contribution in [3.8, 4) is 5.75 Å². The summed E-state index contributed by atoms with van der Waals surface area (Å²) in [6.45, 7) is 3.62. The van der Waals surface area contributed by atoms with Crippen LogP contribution in [0, 0.1) is 0 Å². The minimum Gasteiger partial charge on any atom is -0.497 e. The summed E-state index contributed by atoms with van der Waals surface area (Å²) in [6, 6.07) is 20.6. The SMILES string of the molecule is COc1ccc2cc([C@H](C)C(=O)N3CCC(c4nc5ccccc5s4)CC3)ccc2c1. The summed E-state index contributed by atoms with van der Waals surface area (Å²) in [4.78, 5) is 20.1. The fraction of sp³-hybridized carbons (Fsp3) is 0.308. The lowest BCUT2D eigenvalue weighted by Crippen LogP contribution is -2.40. The van der Waals surface area contributed by atoms with Gasteiger partial charge < -0.3 is 9.64 Å². The second kappa shape index (κ2) is 8.31. The van der Waals surface area contributed by atoms with Gasteiger partial charge in [-0.15, -0.1) is 11.3 Å². The largest absolute Gasteiger partial charge is 0.497 e. The van der Waals surface area contributed by atoms with E-state index in [1.54, 1.807) is 18.4 Å². The highest BCUT2D eigenvalue weighted by Gasteiger charge is 2.28. The van der Waals surface area contributed by atoms with E-state index in [9.17, 15) is 4.79 Å². The highest BCUT2D eigenvalue weighted by Crippen LogP contribution is 2.35. The van der Waals surface area contributed by atoms with Crippen molar-refractivity contribution in [3.05, 3.63) is 71.2 Å². The summed E-state index contributed by atoms with van der Waals surface area (Å²) in [6.07, 6.45) is 1.96. The number of likely N-dealkylation sites (tertiary alicyclic amines) is 1. The molecule has 0 aliphatic carbocycles. The zero-order chi connectivity index (χ0) is 21.4. The Morgan fingerprint density at radius 3 is 2.58 bits per heavy atom. The summed E-state index contributed by atoms with van der Waals surface area (Å²) < 4.78 is 6.56. The monoisotopic (exact) mass is 430 g/mol. The number of methoxy groups -OCH3 is 1. The van der Waals surface area contributed by atoms with E-state index in [0.717, 1.165) is 53.5 Å². The number of amides is 1. The summed E-state index contributed by atoms with van der Waals surface area (Å²) in [7, 11) is 1.68. The van der Waals surface area contributed by atoms with Gasteiger partial charge in [-0.1, -0.05) is 36.4 Å². The Balaban J connectivity index is 1.26. The topological polar surface area (TPSA) is 42.4 Å². The van der Waals surface area contributed by atoms with E-state index in [-0.39, 0.29) is 11.8 Å². The fourth-order valence-electron chi connectivity index (χ4n) is 4.47. The zero-order valence-corrected chi connectivity index (χ0v) is 18.7. The number of benzene rings is 3. The predicted molar refractivity (Wildman–Crippen MR) is 127 cm³/mol. The van der Waals surface area contributed by atoms with Gasteiger partial charge in [0, 0.05) is 19.0 Å². The van der Waals surface area contributed by atoms with Crippen molar-refractivity contribution in [1.82, 2.24) is 9.88 Å². The lowest BCUT2D eigenvalue weighted by molar-refractivity contribution is -0.133. The Morgan fingerprint density at radius 2 is 1.81 bits per heavy atom. The maximum absolute atomic E-state index is 13.2. The van der Waals surface area contributed by atoms with Gasteiger partial charge >= 0.3 is 0 Å². The van der Waals surface area contributed by atoms with E-state index in [2.05, 4.69) is 42.5 Å². The van der Waals surface area contributed by atoms with Crippen LogP contribution >= 0.6 is 11.3 Å². The molecule has 0 spiro atoms. The average molecular weight is 431 g/mol. The van der Waals surface area contributed by atoms with Crippen LogP contribution in [0.25, 0.3) is 21.0 Å². The second-order valence-electron chi connectivity index (χ2n) is 8.31. The number of aromatic nitrogens is 1. The van der Waals surface area contributed by atoms with Crippen molar-refractivity contribution < 1.29 is 9.53 Å². The first-order chi connectivity index (χ1) is 15.1. The van der Waals surface area contributed by atoms with E-state index in [0.29, 0.717) is 5.92 Å². The Morgan fingerprint density at radius 1 is 1.06 bits per heavy atom. The lowest BCUT2D eigenvalue weighted by Gasteiger charge is -2.33. The van der Waals surface area contributed by atoms with Gasteiger partial charge in [-0.05, 0) is 60.4 Å². The Labute approximate surface area is 186 Å². The molecule has 1 fully saturated rings. The van der Waals surface area contributed by atoms with Crippen LogP contribution in [0.3, 0.4) is 0 Å². The zero-order valence-electron chi connectivity index (χ0n) is 17.9. The van der Waals surface area contributed by atoms with Crippen LogP contribution < -0.4 is 4.74 Å². The number of fused-ring (bicyclic) bond motifs is 2. The van der Waals surface area contributed by atoms with Crippen LogP contribution in [-0.4, -0.2) is 36.0 Å². The summed E-state index contributed by atoms with van der Waals surface area (Å²) in [5.41, 5.74) is 2.15. The molecule has 0 bridgehead atoms. The number of carbonyl (C=O) groups is 1. The number of hydrogen-bond acceptors (Lipinski definition) is 4. The standard InChI is InChI=1S/C26H26N2O2S/c1-17(19-7-8-21-16-22(30-2)10-9-20(21)15-19)26(29)28-13-11-18(12-14-28)25-27-23-5-3-4-6-24(23)31-25/h3-10,15-18H,11-14H2,1-2H3/t17-/m0/s1. The minimum absolute atomic E-state index is 0.148. The van der Waals surface area contributed by atoms with Gasteiger partial charge in [0.1, 0.15) is 5.75 Å². The third-order valence-electron chi connectivity index (χ3n) is 6.41. The number of thiazole rings is 1. The Kier molecular flexibility index (Phi) is 5.36. The number of piperidine rings is 1. The number of ether oxygens (including phenoxy) is 1. The van der Waals surface area contributed by atoms with Crippen LogP contribution in [0.2, 0.25) is 0 Å². The van der Waals surface area contributed by atoms with Crippen LogP contribution in [0.1, 0.15) is 42.2 Å². The van der Waals surface area contributed by atoms with Crippen molar-refractivity contribution in [3.63, 3.8) is 0 Å².